The molecule has 5 heteroatoms. The highest BCUT2D eigenvalue weighted by Crippen LogP contribution is 2.18. The normalized spacial score (nSPS) is 9.00. The smallest absolute Gasteiger partial charge is 0.144 e. The predicted molar refractivity (Wildman–Crippen MR) is 52.2 cm³/mol. The molecule has 0 atom stereocenters. The third-order valence-electron chi connectivity index (χ3n) is 1.48. The molecule has 2 rings (SSSR count). The number of hydrogen-bond acceptors (Lipinski definition) is 4. The molecule has 0 amide bonds. The first kappa shape index (κ1) is 10.2. The third kappa shape index (κ3) is 2.07. The molecule has 0 radical (unpaired) electrons. The van der Waals surface area contributed by atoms with Gasteiger partial charge in [-0.1, -0.05) is 26.0 Å². The van der Waals surface area contributed by atoms with Gasteiger partial charge in [0.1, 0.15) is 17.8 Å². The number of aromatic nitrogens is 4. The van der Waals surface area contributed by atoms with Crippen LogP contribution in [0.25, 0.3) is 5.69 Å². The number of phenolic OH excluding ortho intramolecular Hbond substituents is 1. The number of benzene rings is 1. The Morgan fingerprint density at radius 3 is 2.50 bits per heavy atom. The molecule has 0 fully saturated rings. The molecular formula is C9H12N4O. The van der Waals surface area contributed by atoms with Crippen molar-refractivity contribution in [3.63, 3.8) is 0 Å². The Bertz CT molecular complexity index is 372. The minimum atomic E-state index is 0.157. The van der Waals surface area contributed by atoms with Gasteiger partial charge in [0.15, 0.2) is 0 Å². The maximum Gasteiger partial charge on any atom is 0.144 e. The van der Waals surface area contributed by atoms with Crippen LogP contribution >= 0.6 is 0 Å². The molecule has 0 aliphatic heterocycles. The fourth-order valence-corrected chi connectivity index (χ4v) is 0.930. The zero-order valence-electron chi connectivity index (χ0n) is 8.12. The van der Waals surface area contributed by atoms with Crippen molar-refractivity contribution in [3.05, 3.63) is 30.6 Å². The van der Waals surface area contributed by atoms with Crippen LogP contribution in [0, 0.1) is 0 Å². The summed E-state index contributed by atoms with van der Waals surface area (Å²) in [5, 5.41) is 19.9. The summed E-state index contributed by atoms with van der Waals surface area (Å²) in [6.45, 7) is 4.00. The van der Waals surface area contributed by atoms with E-state index < -0.39 is 0 Å². The van der Waals surface area contributed by atoms with Gasteiger partial charge in [-0.05, 0) is 22.6 Å². The van der Waals surface area contributed by atoms with Gasteiger partial charge in [0.2, 0.25) is 0 Å². The molecule has 1 N–H and O–H groups in total. The molecule has 74 valence electrons. The highest BCUT2D eigenvalue weighted by molar-refractivity contribution is 5.43. The number of rotatable bonds is 1. The van der Waals surface area contributed by atoms with Gasteiger partial charge in [-0.2, -0.15) is 4.68 Å². The van der Waals surface area contributed by atoms with E-state index in [1.807, 2.05) is 13.8 Å². The number of para-hydroxylation sites is 2. The van der Waals surface area contributed by atoms with Crippen LogP contribution in [-0.4, -0.2) is 25.3 Å². The summed E-state index contributed by atoms with van der Waals surface area (Å²) in [6, 6.07) is 6.85. The Balaban J connectivity index is 0.000000461. The van der Waals surface area contributed by atoms with E-state index in [1.54, 1.807) is 24.3 Å². The van der Waals surface area contributed by atoms with Crippen molar-refractivity contribution in [2.24, 2.45) is 0 Å². The number of nitrogens with zero attached hydrogens (tertiary/aromatic N) is 4. The molecule has 0 bridgehead atoms. The van der Waals surface area contributed by atoms with Gasteiger partial charge in [0.05, 0.1) is 0 Å². The third-order valence-corrected chi connectivity index (χ3v) is 1.48. The minimum Gasteiger partial charge on any atom is -0.506 e. The molecule has 0 spiro atoms. The summed E-state index contributed by atoms with van der Waals surface area (Å²) in [4.78, 5) is 0. The number of hydrogen-bond donors (Lipinski definition) is 1. The highest BCUT2D eigenvalue weighted by atomic mass is 16.3. The van der Waals surface area contributed by atoms with Gasteiger partial charge in [0.25, 0.3) is 0 Å². The van der Waals surface area contributed by atoms with Gasteiger partial charge in [-0.3, -0.25) is 0 Å². The van der Waals surface area contributed by atoms with Crippen LogP contribution < -0.4 is 0 Å². The lowest BCUT2D eigenvalue weighted by Gasteiger charge is -2.00. The largest absolute Gasteiger partial charge is 0.506 e. The zero-order chi connectivity index (χ0) is 10.4. The van der Waals surface area contributed by atoms with Crippen molar-refractivity contribution in [1.29, 1.82) is 0 Å². The predicted octanol–water partition coefficient (Wildman–Crippen LogP) is 1.39. The Morgan fingerprint density at radius 1 is 1.21 bits per heavy atom. The SMILES string of the molecule is CC.Oc1ccccc1-n1cnnn1. The summed E-state index contributed by atoms with van der Waals surface area (Å²) in [6.07, 6.45) is 1.43. The topological polar surface area (TPSA) is 63.8 Å². The zero-order valence-corrected chi connectivity index (χ0v) is 8.12. The average molecular weight is 192 g/mol. The molecule has 14 heavy (non-hydrogen) atoms. The lowest BCUT2D eigenvalue weighted by Crippen LogP contribution is -1.94. The molecule has 0 aliphatic carbocycles. The summed E-state index contributed by atoms with van der Waals surface area (Å²) in [5.41, 5.74) is 0.572. The van der Waals surface area contributed by atoms with Crippen molar-refractivity contribution in [2.75, 3.05) is 0 Å². The van der Waals surface area contributed by atoms with Crippen molar-refractivity contribution >= 4 is 0 Å². The van der Waals surface area contributed by atoms with Crippen LogP contribution in [-0.2, 0) is 0 Å². The van der Waals surface area contributed by atoms with Crippen molar-refractivity contribution < 1.29 is 5.11 Å². The molecule has 1 aromatic carbocycles. The first-order valence-corrected chi connectivity index (χ1v) is 4.39. The highest BCUT2D eigenvalue weighted by Gasteiger charge is 2.01. The summed E-state index contributed by atoms with van der Waals surface area (Å²) in [7, 11) is 0. The molecule has 1 heterocycles. The number of phenols is 1. The molecule has 5 nitrogen and oxygen atoms in total. The molecule has 2 aromatic rings. The Morgan fingerprint density at radius 2 is 1.93 bits per heavy atom. The second-order valence-electron chi connectivity index (χ2n) is 2.24. The van der Waals surface area contributed by atoms with E-state index in [1.165, 1.54) is 11.0 Å². The summed E-state index contributed by atoms with van der Waals surface area (Å²) in [5.74, 6) is 0.157. The second-order valence-corrected chi connectivity index (χ2v) is 2.24. The maximum atomic E-state index is 9.37. The van der Waals surface area contributed by atoms with Crippen LogP contribution in [0.15, 0.2) is 30.6 Å². The van der Waals surface area contributed by atoms with E-state index >= 15 is 0 Å². The molecule has 0 saturated heterocycles. The monoisotopic (exact) mass is 192 g/mol. The first-order chi connectivity index (χ1) is 6.88. The second kappa shape index (κ2) is 4.96. The molecule has 0 unspecified atom stereocenters. The minimum absolute atomic E-state index is 0.157. The fourth-order valence-electron chi connectivity index (χ4n) is 0.930. The van der Waals surface area contributed by atoms with Crippen molar-refractivity contribution in [2.45, 2.75) is 13.8 Å². The quantitative estimate of drug-likeness (QED) is 0.741. The first-order valence-electron chi connectivity index (χ1n) is 4.39. The Labute approximate surface area is 82.0 Å². The van der Waals surface area contributed by atoms with Crippen molar-refractivity contribution in [1.82, 2.24) is 20.2 Å². The molecule has 0 aliphatic rings. The van der Waals surface area contributed by atoms with Crippen LogP contribution in [0.5, 0.6) is 5.75 Å². The van der Waals surface area contributed by atoms with Gasteiger partial charge < -0.3 is 5.11 Å². The standard InChI is InChI=1S/C7H6N4O.C2H6/c12-7-4-2-1-3-6(7)11-5-8-9-10-11;1-2/h1-5,12H;1-2H3. The van der Waals surface area contributed by atoms with E-state index in [-0.39, 0.29) is 5.75 Å². The molecule has 1 aromatic heterocycles. The van der Waals surface area contributed by atoms with Gasteiger partial charge >= 0.3 is 0 Å². The maximum absolute atomic E-state index is 9.37. The van der Waals surface area contributed by atoms with E-state index in [9.17, 15) is 5.11 Å². The van der Waals surface area contributed by atoms with E-state index in [0.717, 1.165) is 0 Å². The van der Waals surface area contributed by atoms with Gasteiger partial charge in [0, 0.05) is 0 Å². The van der Waals surface area contributed by atoms with E-state index in [0.29, 0.717) is 5.69 Å². The summed E-state index contributed by atoms with van der Waals surface area (Å²) >= 11 is 0. The van der Waals surface area contributed by atoms with Crippen LogP contribution in [0.1, 0.15) is 13.8 Å². The van der Waals surface area contributed by atoms with Crippen LogP contribution in [0.2, 0.25) is 0 Å². The number of aromatic hydroxyl groups is 1. The lowest BCUT2D eigenvalue weighted by atomic mass is 10.3. The fraction of sp³-hybridized carbons (Fsp3) is 0.222. The number of tetrazole rings is 1. The molecule has 0 saturated carbocycles. The van der Waals surface area contributed by atoms with Gasteiger partial charge in [-0.25, -0.2) is 0 Å². The lowest BCUT2D eigenvalue weighted by molar-refractivity contribution is 0.470. The van der Waals surface area contributed by atoms with E-state index in [4.69, 9.17) is 0 Å². The van der Waals surface area contributed by atoms with E-state index in [2.05, 4.69) is 15.5 Å². The van der Waals surface area contributed by atoms with Crippen LogP contribution in [0.4, 0.5) is 0 Å². The average Bonchev–Trinajstić information content (AvgIpc) is 2.75. The van der Waals surface area contributed by atoms with Crippen LogP contribution in [0.3, 0.4) is 0 Å². The van der Waals surface area contributed by atoms with Gasteiger partial charge in [-0.15, -0.1) is 5.10 Å². The Hall–Kier alpha value is -1.91. The Kier molecular flexibility index (Phi) is 3.60. The van der Waals surface area contributed by atoms with Crippen molar-refractivity contribution in [3.8, 4) is 11.4 Å². The summed E-state index contributed by atoms with van der Waals surface area (Å²) < 4.78 is 1.40. The molecular weight excluding hydrogens is 180 g/mol.